The van der Waals surface area contributed by atoms with E-state index in [0.717, 1.165) is 18.4 Å². The van der Waals surface area contributed by atoms with E-state index in [-0.39, 0.29) is 18.1 Å². The van der Waals surface area contributed by atoms with E-state index in [9.17, 15) is 9.59 Å². The molecule has 1 aromatic carbocycles. The van der Waals surface area contributed by atoms with Gasteiger partial charge in [-0.3, -0.25) is 4.90 Å². The van der Waals surface area contributed by atoms with Crippen molar-refractivity contribution in [3.05, 3.63) is 47.8 Å². The van der Waals surface area contributed by atoms with E-state index in [1.54, 1.807) is 11.1 Å². The minimum absolute atomic E-state index is 0.214. The third-order valence-corrected chi connectivity index (χ3v) is 4.81. The van der Waals surface area contributed by atoms with Crippen molar-refractivity contribution in [2.24, 2.45) is 0 Å². The molecule has 1 amide bonds. The van der Waals surface area contributed by atoms with Gasteiger partial charge in [0, 0.05) is 13.0 Å². The molecule has 1 saturated heterocycles. The van der Waals surface area contributed by atoms with Crippen LogP contribution in [0.3, 0.4) is 0 Å². The van der Waals surface area contributed by atoms with Gasteiger partial charge >= 0.3 is 12.1 Å². The summed E-state index contributed by atoms with van der Waals surface area (Å²) in [5.41, 5.74) is 1.08. The number of nitrogens with zero attached hydrogens (tertiary/aromatic N) is 4. The molecule has 3 rings (SSSR count). The monoisotopic (exact) mass is 400 g/mol. The summed E-state index contributed by atoms with van der Waals surface area (Å²) in [6, 6.07) is 8.84. The van der Waals surface area contributed by atoms with Crippen LogP contribution in [0.25, 0.3) is 0 Å². The molecule has 1 aliphatic heterocycles. The van der Waals surface area contributed by atoms with Gasteiger partial charge in [-0.05, 0) is 39.2 Å². The summed E-state index contributed by atoms with van der Waals surface area (Å²) in [4.78, 5) is 26.6. The Labute approximate surface area is 170 Å². The molecule has 2 atom stereocenters. The molecule has 2 heterocycles. The first-order chi connectivity index (χ1) is 13.8. The molecule has 1 aromatic heterocycles. The largest absolute Gasteiger partial charge is 0.467 e. The molecule has 0 saturated carbocycles. The van der Waals surface area contributed by atoms with E-state index >= 15 is 0 Å². The summed E-state index contributed by atoms with van der Waals surface area (Å²) in [5.74, 6) is -0.388. The highest BCUT2D eigenvalue weighted by molar-refractivity contribution is 5.74. The lowest BCUT2D eigenvalue weighted by molar-refractivity contribution is -0.144. The highest BCUT2D eigenvalue weighted by Gasteiger charge is 2.35. The van der Waals surface area contributed by atoms with Gasteiger partial charge in [0.15, 0.2) is 6.04 Å². The summed E-state index contributed by atoms with van der Waals surface area (Å²) in [5, 5.41) is 8.44. The number of rotatable bonds is 5. The van der Waals surface area contributed by atoms with E-state index in [1.165, 1.54) is 11.8 Å². The molecule has 1 fully saturated rings. The van der Waals surface area contributed by atoms with E-state index in [1.807, 2.05) is 51.1 Å². The Morgan fingerprint density at radius 2 is 1.97 bits per heavy atom. The van der Waals surface area contributed by atoms with Crippen LogP contribution in [-0.2, 0) is 20.7 Å². The van der Waals surface area contributed by atoms with E-state index < -0.39 is 11.6 Å². The molecule has 29 heavy (non-hydrogen) atoms. The molecule has 0 bridgehead atoms. The van der Waals surface area contributed by atoms with Gasteiger partial charge in [-0.1, -0.05) is 35.5 Å². The number of methoxy groups -OCH3 is 1. The number of aromatic nitrogens is 3. The number of esters is 1. The van der Waals surface area contributed by atoms with Crippen LogP contribution in [0.15, 0.2) is 36.5 Å². The smallest absolute Gasteiger partial charge is 0.410 e. The van der Waals surface area contributed by atoms with Crippen molar-refractivity contribution in [3.8, 4) is 0 Å². The second-order valence-electron chi connectivity index (χ2n) is 8.18. The summed E-state index contributed by atoms with van der Waals surface area (Å²) in [7, 11) is 1.36. The maximum atomic E-state index is 12.6. The molecule has 1 aliphatic rings. The van der Waals surface area contributed by atoms with Crippen LogP contribution in [-0.4, -0.2) is 51.2 Å². The number of likely N-dealkylation sites (tertiary alicyclic amines) is 1. The number of hydrogen-bond donors (Lipinski definition) is 0. The van der Waals surface area contributed by atoms with E-state index in [2.05, 4.69) is 10.3 Å². The van der Waals surface area contributed by atoms with Gasteiger partial charge in [-0.15, -0.1) is 5.10 Å². The highest BCUT2D eigenvalue weighted by Crippen LogP contribution is 2.32. The van der Waals surface area contributed by atoms with Crippen molar-refractivity contribution in [1.29, 1.82) is 0 Å². The lowest BCUT2D eigenvalue weighted by Gasteiger charge is -2.27. The molecular formula is C21H28N4O4. The molecule has 0 aliphatic carbocycles. The summed E-state index contributed by atoms with van der Waals surface area (Å²) in [6.07, 6.45) is 3.46. The maximum absolute atomic E-state index is 12.6. The van der Waals surface area contributed by atoms with Crippen molar-refractivity contribution >= 4 is 12.1 Å². The zero-order valence-corrected chi connectivity index (χ0v) is 17.4. The topological polar surface area (TPSA) is 86.5 Å². The summed E-state index contributed by atoms with van der Waals surface area (Å²) in [6.45, 7) is 6.14. The molecule has 0 radical (unpaired) electrons. The lowest BCUT2D eigenvalue weighted by Crippen LogP contribution is -2.36. The fourth-order valence-electron chi connectivity index (χ4n) is 3.47. The van der Waals surface area contributed by atoms with Crippen LogP contribution in [0.1, 0.15) is 57.0 Å². The number of carbonyl (C=O) groups is 2. The van der Waals surface area contributed by atoms with E-state index in [0.29, 0.717) is 18.7 Å². The van der Waals surface area contributed by atoms with Crippen LogP contribution in [0, 0.1) is 0 Å². The average Bonchev–Trinajstić information content (AvgIpc) is 3.34. The number of hydrogen-bond acceptors (Lipinski definition) is 6. The Kier molecular flexibility index (Phi) is 6.20. The summed E-state index contributed by atoms with van der Waals surface area (Å²) >= 11 is 0. The molecular weight excluding hydrogens is 372 g/mol. The van der Waals surface area contributed by atoms with Crippen LogP contribution in [0.5, 0.6) is 0 Å². The fraction of sp³-hybridized carbons (Fsp3) is 0.524. The van der Waals surface area contributed by atoms with Gasteiger partial charge in [-0.2, -0.15) is 0 Å². The molecule has 2 aromatic rings. The quantitative estimate of drug-likeness (QED) is 0.716. The fourth-order valence-corrected chi connectivity index (χ4v) is 3.47. The Morgan fingerprint density at radius 1 is 1.24 bits per heavy atom. The molecule has 0 N–H and O–H groups in total. The standard InChI is InChI=1S/C21H28N4O4/c1-21(2,3)29-20(27)24-12-8-11-17(24)16-14-25(23-22-16)18(19(26)28-4)13-15-9-6-5-7-10-15/h5-7,9-10,14,17-18H,8,11-13H2,1-4H3/t17-,18+/m0/s1. The Hall–Kier alpha value is -2.90. The van der Waals surface area contributed by atoms with Crippen LogP contribution < -0.4 is 0 Å². The number of carbonyl (C=O) groups excluding carboxylic acids is 2. The second-order valence-corrected chi connectivity index (χ2v) is 8.18. The van der Waals surface area contributed by atoms with Gasteiger partial charge in [0.05, 0.1) is 19.3 Å². The van der Waals surface area contributed by atoms with Crippen molar-refractivity contribution < 1.29 is 19.1 Å². The van der Waals surface area contributed by atoms with Gasteiger partial charge in [0.25, 0.3) is 0 Å². The normalized spacial score (nSPS) is 17.8. The lowest BCUT2D eigenvalue weighted by atomic mass is 10.1. The number of amides is 1. The zero-order chi connectivity index (χ0) is 21.0. The zero-order valence-electron chi connectivity index (χ0n) is 17.4. The molecule has 8 heteroatoms. The Bertz CT molecular complexity index is 844. The van der Waals surface area contributed by atoms with Gasteiger partial charge in [0.1, 0.15) is 11.3 Å². The van der Waals surface area contributed by atoms with Crippen LogP contribution >= 0.6 is 0 Å². The van der Waals surface area contributed by atoms with E-state index in [4.69, 9.17) is 9.47 Å². The van der Waals surface area contributed by atoms with Gasteiger partial charge < -0.3 is 9.47 Å². The van der Waals surface area contributed by atoms with Gasteiger partial charge in [0.2, 0.25) is 0 Å². The first-order valence-corrected chi connectivity index (χ1v) is 9.81. The molecule has 8 nitrogen and oxygen atoms in total. The molecule has 156 valence electrons. The SMILES string of the molecule is COC(=O)[C@@H](Cc1ccccc1)n1cc([C@@H]2CCCN2C(=O)OC(C)(C)C)nn1. The first-order valence-electron chi connectivity index (χ1n) is 9.81. The third kappa shape index (κ3) is 5.13. The number of benzene rings is 1. The maximum Gasteiger partial charge on any atom is 0.410 e. The third-order valence-electron chi connectivity index (χ3n) is 4.81. The van der Waals surface area contributed by atoms with Gasteiger partial charge in [-0.25, -0.2) is 14.3 Å². The first kappa shape index (κ1) is 20.8. The number of ether oxygens (including phenoxy) is 2. The minimum atomic E-state index is -0.625. The predicted octanol–water partition coefficient (Wildman–Crippen LogP) is 3.31. The van der Waals surface area contributed by atoms with Crippen molar-refractivity contribution in [3.63, 3.8) is 0 Å². The second kappa shape index (κ2) is 8.63. The Balaban J connectivity index is 1.80. The molecule has 0 spiro atoms. The van der Waals surface area contributed by atoms with Crippen molar-refractivity contribution in [2.45, 2.75) is 57.7 Å². The average molecular weight is 400 g/mol. The van der Waals surface area contributed by atoms with Crippen LogP contribution in [0.4, 0.5) is 4.79 Å². The molecule has 0 unspecified atom stereocenters. The van der Waals surface area contributed by atoms with Crippen molar-refractivity contribution in [2.75, 3.05) is 13.7 Å². The Morgan fingerprint density at radius 3 is 2.62 bits per heavy atom. The highest BCUT2D eigenvalue weighted by atomic mass is 16.6. The predicted molar refractivity (Wildman–Crippen MR) is 106 cm³/mol. The summed E-state index contributed by atoms with van der Waals surface area (Å²) < 4.78 is 12.0. The minimum Gasteiger partial charge on any atom is -0.467 e. The van der Waals surface area contributed by atoms with Crippen LogP contribution in [0.2, 0.25) is 0 Å². The van der Waals surface area contributed by atoms with Crippen molar-refractivity contribution in [1.82, 2.24) is 19.9 Å².